The molecule has 0 bridgehead atoms. The average Bonchev–Trinajstić information content (AvgIpc) is 3.10. The lowest BCUT2D eigenvalue weighted by atomic mass is 10.1. The van der Waals surface area contributed by atoms with Crippen LogP contribution in [0.3, 0.4) is 0 Å². The molecule has 31 heavy (non-hydrogen) atoms. The van der Waals surface area contributed by atoms with Gasteiger partial charge in [0.15, 0.2) is 5.69 Å². The number of para-hydroxylation sites is 1. The highest BCUT2D eigenvalue weighted by atomic mass is 35.5. The Hall–Kier alpha value is -2.79. The third-order valence-corrected chi connectivity index (χ3v) is 5.82. The summed E-state index contributed by atoms with van der Waals surface area (Å²) < 4.78 is 1.68. The number of halogens is 3. The van der Waals surface area contributed by atoms with Gasteiger partial charge >= 0.3 is 0 Å². The van der Waals surface area contributed by atoms with Crippen LogP contribution >= 0.6 is 34.8 Å². The summed E-state index contributed by atoms with van der Waals surface area (Å²) in [5.41, 5.74) is 4.09. The third kappa shape index (κ3) is 4.19. The zero-order chi connectivity index (χ0) is 22.1. The van der Waals surface area contributed by atoms with E-state index < -0.39 is 0 Å². The van der Waals surface area contributed by atoms with E-state index in [0.29, 0.717) is 26.4 Å². The van der Waals surface area contributed by atoms with E-state index in [9.17, 15) is 4.79 Å². The van der Waals surface area contributed by atoms with Crippen molar-refractivity contribution in [2.75, 3.05) is 11.9 Å². The molecule has 1 amide bonds. The van der Waals surface area contributed by atoms with Crippen LogP contribution in [0.15, 0.2) is 72.8 Å². The largest absolute Gasteiger partial charge is 0.310 e. The molecule has 3 aromatic carbocycles. The van der Waals surface area contributed by atoms with Crippen LogP contribution in [0.25, 0.3) is 16.9 Å². The minimum absolute atomic E-state index is 0.220. The highest BCUT2D eigenvalue weighted by molar-refractivity contribution is 6.35. The highest BCUT2D eigenvalue weighted by Gasteiger charge is 2.25. The lowest BCUT2D eigenvalue weighted by Crippen LogP contribution is -2.27. The van der Waals surface area contributed by atoms with E-state index in [2.05, 4.69) is 5.10 Å². The second-order valence-corrected chi connectivity index (χ2v) is 8.32. The Morgan fingerprint density at radius 3 is 2.19 bits per heavy atom. The molecule has 0 aliphatic rings. The van der Waals surface area contributed by atoms with Gasteiger partial charge in [-0.2, -0.15) is 5.10 Å². The Bertz CT molecular complexity index is 1250. The summed E-state index contributed by atoms with van der Waals surface area (Å²) in [6.07, 6.45) is 0. The number of rotatable bonds is 4. The second kappa shape index (κ2) is 8.75. The Kier molecular flexibility index (Phi) is 6.05. The zero-order valence-corrected chi connectivity index (χ0v) is 19.1. The van der Waals surface area contributed by atoms with Crippen LogP contribution < -0.4 is 4.90 Å². The minimum atomic E-state index is -0.220. The monoisotopic (exact) mass is 469 g/mol. The first-order valence-electron chi connectivity index (χ1n) is 9.51. The van der Waals surface area contributed by atoms with E-state index >= 15 is 0 Å². The highest BCUT2D eigenvalue weighted by Crippen LogP contribution is 2.33. The van der Waals surface area contributed by atoms with Gasteiger partial charge in [0, 0.05) is 33.9 Å². The van der Waals surface area contributed by atoms with Crippen LogP contribution in [-0.4, -0.2) is 22.7 Å². The number of hydrogen-bond donors (Lipinski definition) is 0. The predicted molar refractivity (Wildman–Crippen MR) is 128 cm³/mol. The number of amides is 1. The smallest absolute Gasteiger partial charge is 0.278 e. The lowest BCUT2D eigenvalue weighted by Gasteiger charge is -2.16. The number of nitrogens with zero attached hydrogens (tertiary/aromatic N) is 3. The van der Waals surface area contributed by atoms with E-state index in [4.69, 9.17) is 34.8 Å². The molecule has 7 heteroatoms. The van der Waals surface area contributed by atoms with Gasteiger partial charge < -0.3 is 4.90 Å². The summed E-state index contributed by atoms with van der Waals surface area (Å²) >= 11 is 18.7. The van der Waals surface area contributed by atoms with Crippen molar-refractivity contribution in [3.8, 4) is 16.9 Å². The molecule has 0 unspecified atom stereocenters. The van der Waals surface area contributed by atoms with Crippen molar-refractivity contribution in [2.24, 2.45) is 0 Å². The van der Waals surface area contributed by atoms with Crippen LogP contribution in [0.1, 0.15) is 16.1 Å². The average molecular weight is 471 g/mol. The normalized spacial score (nSPS) is 10.9. The van der Waals surface area contributed by atoms with Gasteiger partial charge in [-0.25, -0.2) is 4.68 Å². The van der Waals surface area contributed by atoms with Gasteiger partial charge in [-0.15, -0.1) is 0 Å². The lowest BCUT2D eigenvalue weighted by molar-refractivity contribution is 0.0987. The molecule has 1 aromatic heterocycles. The van der Waals surface area contributed by atoms with Crippen molar-refractivity contribution < 1.29 is 4.79 Å². The Labute approximate surface area is 195 Å². The van der Waals surface area contributed by atoms with Crippen molar-refractivity contribution in [1.82, 2.24) is 9.78 Å². The summed E-state index contributed by atoms with van der Waals surface area (Å²) in [7, 11) is 1.73. The standard InChI is InChI=1S/C24H18Cl3N3O/c1-15-22(24(31)29(2)19-6-4-3-5-7-19)28-30(21-13-12-18(26)14-20(21)27)23(15)16-8-10-17(25)11-9-16/h3-14H,1-2H3. The van der Waals surface area contributed by atoms with Crippen molar-refractivity contribution in [2.45, 2.75) is 6.92 Å². The Morgan fingerprint density at radius 2 is 1.55 bits per heavy atom. The van der Waals surface area contributed by atoms with E-state index in [1.807, 2.05) is 49.4 Å². The minimum Gasteiger partial charge on any atom is -0.310 e. The predicted octanol–water partition coefficient (Wildman–Crippen LogP) is 7.08. The summed E-state index contributed by atoms with van der Waals surface area (Å²) in [6.45, 7) is 1.88. The number of hydrogen-bond acceptors (Lipinski definition) is 2. The van der Waals surface area contributed by atoms with Crippen LogP contribution in [0.4, 0.5) is 5.69 Å². The number of benzene rings is 3. The quantitative estimate of drug-likeness (QED) is 0.319. The molecule has 156 valence electrons. The molecule has 0 aliphatic heterocycles. The summed E-state index contributed by atoms with van der Waals surface area (Å²) in [5.74, 6) is -0.220. The van der Waals surface area contributed by atoms with Gasteiger partial charge in [0.25, 0.3) is 5.91 Å². The molecule has 0 aliphatic carbocycles. The first-order valence-corrected chi connectivity index (χ1v) is 10.6. The van der Waals surface area contributed by atoms with Gasteiger partial charge in [0.05, 0.1) is 16.4 Å². The molecule has 4 aromatic rings. The number of aromatic nitrogens is 2. The van der Waals surface area contributed by atoms with Gasteiger partial charge in [-0.3, -0.25) is 4.79 Å². The SMILES string of the molecule is Cc1c(C(=O)N(C)c2ccccc2)nn(-c2ccc(Cl)cc2Cl)c1-c1ccc(Cl)cc1. The first-order chi connectivity index (χ1) is 14.9. The number of anilines is 1. The van der Waals surface area contributed by atoms with Crippen LogP contribution in [0, 0.1) is 6.92 Å². The molecule has 0 fully saturated rings. The van der Waals surface area contributed by atoms with Gasteiger partial charge in [0.2, 0.25) is 0 Å². The van der Waals surface area contributed by atoms with E-state index in [-0.39, 0.29) is 5.91 Å². The number of carbonyl (C=O) groups excluding carboxylic acids is 1. The molecule has 0 spiro atoms. The Morgan fingerprint density at radius 1 is 0.903 bits per heavy atom. The first kappa shape index (κ1) is 21.4. The maximum Gasteiger partial charge on any atom is 0.278 e. The molecule has 1 heterocycles. The number of carbonyl (C=O) groups is 1. The molecule has 4 nitrogen and oxygen atoms in total. The summed E-state index contributed by atoms with van der Waals surface area (Å²) in [6, 6.07) is 22.0. The van der Waals surface area contributed by atoms with Crippen molar-refractivity contribution >= 4 is 46.4 Å². The fourth-order valence-corrected chi connectivity index (χ4v) is 4.02. The molecule has 0 N–H and O–H groups in total. The van der Waals surface area contributed by atoms with Crippen molar-refractivity contribution in [3.63, 3.8) is 0 Å². The summed E-state index contributed by atoms with van der Waals surface area (Å²) in [4.78, 5) is 14.9. The third-order valence-electron chi connectivity index (χ3n) is 5.03. The van der Waals surface area contributed by atoms with Gasteiger partial charge in [0.1, 0.15) is 0 Å². The molecule has 0 saturated carbocycles. The maximum atomic E-state index is 13.4. The summed E-state index contributed by atoms with van der Waals surface area (Å²) in [5, 5.41) is 6.25. The fraction of sp³-hybridized carbons (Fsp3) is 0.0833. The van der Waals surface area contributed by atoms with Gasteiger partial charge in [-0.1, -0.05) is 65.1 Å². The van der Waals surface area contributed by atoms with E-state index in [0.717, 1.165) is 22.5 Å². The van der Waals surface area contributed by atoms with Crippen molar-refractivity contribution in [3.05, 3.63) is 99.1 Å². The molecular formula is C24H18Cl3N3O. The Balaban J connectivity index is 1.90. The molecule has 0 saturated heterocycles. The molecular weight excluding hydrogens is 453 g/mol. The topological polar surface area (TPSA) is 38.1 Å². The fourth-order valence-electron chi connectivity index (χ4n) is 3.40. The van der Waals surface area contributed by atoms with E-state index in [1.54, 1.807) is 47.0 Å². The molecule has 4 rings (SSSR count). The van der Waals surface area contributed by atoms with Crippen molar-refractivity contribution in [1.29, 1.82) is 0 Å². The van der Waals surface area contributed by atoms with Crippen LogP contribution in [0.5, 0.6) is 0 Å². The second-order valence-electron chi connectivity index (χ2n) is 7.04. The molecule has 0 radical (unpaired) electrons. The maximum absolute atomic E-state index is 13.4. The van der Waals surface area contributed by atoms with Crippen LogP contribution in [0.2, 0.25) is 15.1 Å². The zero-order valence-electron chi connectivity index (χ0n) is 16.8. The van der Waals surface area contributed by atoms with Crippen LogP contribution in [-0.2, 0) is 0 Å². The van der Waals surface area contributed by atoms with Gasteiger partial charge in [-0.05, 0) is 49.4 Å². The van der Waals surface area contributed by atoms with E-state index in [1.165, 1.54) is 0 Å². The molecule has 0 atom stereocenters.